The Bertz CT molecular complexity index is 484. The molecule has 0 aromatic heterocycles. The fourth-order valence-electron chi connectivity index (χ4n) is 2.17. The third-order valence-corrected chi connectivity index (χ3v) is 3.41. The average Bonchev–Trinajstić information content (AvgIpc) is 3.19. The summed E-state index contributed by atoms with van der Waals surface area (Å²) in [6.07, 6.45) is -2.36. The molecule has 1 atom stereocenters. The molecule has 1 aromatic rings. The summed E-state index contributed by atoms with van der Waals surface area (Å²) in [7, 11) is 0. The number of rotatable bonds is 5. The molecule has 6 heteroatoms. The second kappa shape index (κ2) is 5.83. The number of halogens is 3. The maximum Gasteiger partial charge on any atom is 0.416 e. The van der Waals surface area contributed by atoms with E-state index in [1.807, 2.05) is 0 Å². The highest BCUT2D eigenvalue weighted by atomic mass is 19.4. The lowest BCUT2D eigenvalue weighted by atomic mass is 10.1. The molecular weight excluding hydrogens is 269 g/mol. The van der Waals surface area contributed by atoms with Crippen LogP contribution in [0.2, 0.25) is 0 Å². The third kappa shape index (κ3) is 3.96. The van der Waals surface area contributed by atoms with E-state index < -0.39 is 11.7 Å². The van der Waals surface area contributed by atoms with Crippen LogP contribution in [0.3, 0.4) is 0 Å². The van der Waals surface area contributed by atoms with Gasteiger partial charge in [0.2, 0.25) is 5.91 Å². The first-order valence-electron chi connectivity index (χ1n) is 6.55. The summed E-state index contributed by atoms with van der Waals surface area (Å²) in [5.74, 6) is 0.136. The first kappa shape index (κ1) is 14.8. The van der Waals surface area contributed by atoms with Crippen LogP contribution in [0.25, 0.3) is 0 Å². The number of benzene rings is 1. The van der Waals surface area contributed by atoms with Crippen molar-refractivity contribution in [2.75, 3.05) is 6.54 Å². The Labute approximate surface area is 115 Å². The van der Waals surface area contributed by atoms with E-state index in [1.165, 1.54) is 12.1 Å². The van der Waals surface area contributed by atoms with Crippen molar-refractivity contribution in [3.8, 4) is 0 Å². The minimum Gasteiger partial charge on any atom is -0.352 e. The van der Waals surface area contributed by atoms with Crippen molar-refractivity contribution in [2.24, 2.45) is 11.7 Å². The minimum absolute atomic E-state index is 0.0618. The van der Waals surface area contributed by atoms with E-state index in [0.29, 0.717) is 18.0 Å². The number of nitrogens with one attached hydrogen (secondary N) is 1. The molecule has 1 aliphatic carbocycles. The molecule has 2 rings (SSSR count). The largest absolute Gasteiger partial charge is 0.416 e. The highest BCUT2D eigenvalue weighted by Crippen LogP contribution is 2.32. The summed E-state index contributed by atoms with van der Waals surface area (Å²) in [5, 5.41) is 2.79. The van der Waals surface area contributed by atoms with Crippen LogP contribution in [-0.2, 0) is 17.4 Å². The van der Waals surface area contributed by atoms with Crippen molar-refractivity contribution in [3.63, 3.8) is 0 Å². The molecule has 0 bridgehead atoms. The van der Waals surface area contributed by atoms with Gasteiger partial charge in [-0.15, -0.1) is 0 Å². The van der Waals surface area contributed by atoms with Crippen LogP contribution in [0.15, 0.2) is 24.3 Å². The fourth-order valence-corrected chi connectivity index (χ4v) is 2.17. The number of amides is 1. The lowest BCUT2D eigenvalue weighted by Crippen LogP contribution is -2.42. The Hall–Kier alpha value is -1.56. The SMILES string of the molecule is NCC(NC(=O)Cc1cccc(C(F)(F)F)c1)C1CC1. The number of hydrogen-bond acceptors (Lipinski definition) is 2. The smallest absolute Gasteiger partial charge is 0.352 e. The molecule has 3 nitrogen and oxygen atoms in total. The fraction of sp³-hybridized carbons (Fsp3) is 0.500. The Morgan fingerprint density at radius 2 is 2.10 bits per heavy atom. The molecule has 0 heterocycles. The third-order valence-electron chi connectivity index (χ3n) is 3.41. The van der Waals surface area contributed by atoms with Crippen LogP contribution >= 0.6 is 0 Å². The molecule has 1 aliphatic rings. The van der Waals surface area contributed by atoms with Crippen molar-refractivity contribution in [3.05, 3.63) is 35.4 Å². The molecule has 0 saturated heterocycles. The first-order valence-corrected chi connectivity index (χ1v) is 6.55. The molecule has 0 radical (unpaired) electrons. The monoisotopic (exact) mass is 286 g/mol. The predicted molar refractivity (Wildman–Crippen MR) is 68.9 cm³/mol. The van der Waals surface area contributed by atoms with Gasteiger partial charge in [0, 0.05) is 12.6 Å². The molecule has 1 fully saturated rings. The number of nitrogens with two attached hydrogens (primary N) is 1. The van der Waals surface area contributed by atoms with Gasteiger partial charge in [0.25, 0.3) is 0 Å². The second-order valence-corrected chi connectivity index (χ2v) is 5.12. The van der Waals surface area contributed by atoms with Crippen LogP contribution in [0.5, 0.6) is 0 Å². The van der Waals surface area contributed by atoms with Crippen LogP contribution in [-0.4, -0.2) is 18.5 Å². The standard InChI is InChI=1S/C14H17F3N2O/c15-14(16,17)11-3-1-2-9(6-11)7-13(20)19-12(8-18)10-4-5-10/h1-3,6,10,12H,4-5,7-8,18H2,(H,19,20). The molecular formula is C14H17F3N2O. The van der Waals surface area contributed by atoms with E-state index in [1.54, 1.807) is 0 Å². The first-order chi connectivity index (χ1) is 9.40. The summed E-state index contributed by atoms with van der Waals surface area (Å²) in [4.78, 5) is 11.8. The van der Waals surface area contributed by atoms with Gasteiger partial charge < -0.3 is 11.1 Å². The summed E-state index contributed by atoms with van der Waals surface area (Å²) in [6, 6.07) is 4.77. The number of alkyl halides is 3. The molecule has 0 aliphatic heterocycles. The van der Waals surface area contributed by atoms with E-state index >= 15 is 0 Å². The van der Waals surface area contributed by atoms with Crippen molar-refractivity contribution in [2.45, 2.75) is 31.5 Å². The maximum absolute atomic E-state index is 12.6. The van der Waals surface area contributed by atoms with Crippen LogP contribution in [0.4, 0.5) is 13.2 Å². The summed E-state index contributed by atoms with van der Waals surface area (Å²) < 4.78 is 37.7. The van der Waals surface area contributed by atoms with E-state index in [4.69, 9.17) is 5.73 Å². The van der Waals surface area contributed by atoms with Crippen LogP contribution < -0.4 is 11.1 Å². The number of carbonyl (C=O) groups is 1. The van der Waals surface area contributed by atoms with Crippen molar-refractivity contribution < 1.29 is 18.0 Å². The highest BCUT2D eigenvalue weighted by molar-refractivity contribution is 5.79. The molecule has 1 saturated carbocycles. The molecule has 3 N–H and O–H groups in total. The summed E-state index contributed by atoms with van der Waals surface area (Å²) >= 11 is 0. The molecule has 1 unspecified atom stereocenters. The van der Waals surface area contributed by atoms with Gasteiger partial charge in [-0.2, -0.15) is 13.2 Å². The normalized spacial score (nSPS) is 16.8. The Kier molecular flexibility index (Phi) is 4.32. The molecule has 0 spiro atoms. The molecule has 20 heavy (non-hydrogen) atoms. The topological polar surface area (TPSA) is 55.1 Å². The molecule has 1 aromatic carbocycles. The van der Waals surface area contributed by atoms with E-state index in [2.05, 4.69) is 5.32 Å². The zero-order valence-electron chi connectivity index (χ0n) is 10.9. The quantitative estimate of drug-likeness (QED) is 0.871. The van der Waals surface area contributed by atoms with Gasteiger partial charge in [-0.05, 0) is 30.4 Å². The lowest BCUT2D eigenvalue weighted by molar-refractivity contribution is -0.137. The molecule has 1 amide bonds. The molecule has 110 valence electrons. The zero-order valence-corrected chi connectivity index (χ0v) is 10.9. The van der Waals surface area contributed by atoms with Gasteiger partial charge in [0.15, 0.2) is 0 Å². The second-order valence-electron chi connectivity index (χ2n) is 5.12. The Morgan fingerprint density at radius 3 is 2.65 bits per heavy atom. The van der Waals surface area contributed by atoms with Gasteiger partial charge in [-0.1, -0.05) is 18.2 Å². The zero-order chi connectivity index (χ0) is 14.8. The van der Waals surface area contributed by atoms with Gasteiger partial charge in [-0.25, -0.2) is 0 Å². The van der Waals surface area contributed by atoms with Gasteiger partial charge in [-0.3, -0.25) is 4.79 Å². The Morgan fingerprint density at radius 1 is 1.40 bits per heavy atom. The predicted octanol–water partition coefficient (Wildman–Crippen LogP) is 2.10. The average molecular weight is 286 g/mol. The summed E-state index contributed by atoms with van der Waals surface area (Å²) in [6.45, 7) is 0.360. The highest BCUT2D eigenvalue weighted by Gasteiger charge is 2.32. The lowest BCUT2D eigenvalue weighted by Gasteiger charge is -2.16. The van der Waals surface area contributed by atoms with Crippen molar-refractivity contribution in [1.29, 1.82) is 0 Å². The van der Waals surface area contributed by atoms with E-state index in [-0.39, 0.29) is 18.4 Å². The minimum atomic E-state index is -4.39. The van der Waals surface area contributed by atoms with Crippen molar-refractivity contribution in [1.82, 2.24) is 5.32 Å². The van der Waals surface area contributed by atoms with Gasteiger partial charge >= 0.3 is 6.18 Å². The Balaban J connectivity index is 1.97. The van der Waals surface area contributed by atoms with Crippen LogP contribution in [0, 0.1) is 5.92 Å². The van der Waals surface area contributed by atoms with E-state index in [0.717, 1.165) is 25.0 Å². The van der Waals surface area contributed by atoms with Crippen molar-refractivity contribution >= 4 is 5.91 Å². The summed E-state index contributed by atoms with van der Waals surface area (Å²) in [5.41, 5.74) is 5.19. The number of hydrogen-bond donors (Lipinski definition) is 2. The van der Waals surface area contributed by atoms with Gasteiger partial charge in [0.1, 0.15) is 0 Å². The van der Waals surface area contributed by atoms with E-state index in [9.17, 15) is 18.0 Å². The number of carbonyl (C=O) groups excluding carboxylic acids is 1. The van der Waals surface area contributed by atoms with Crippen LogP contribution in [0.1, 0.15) is 24.0 Å². The maximum atomic E-state index is 12.6. The van der Waals surface area contributed by atoms with Gasteiger partial charge in [0.05, 0.1) is 12.0 Å².